The van der Waals surface area contributed by atoms with E-state index < -0.39 is 0 Å². The molecule has 0 bridgehead atoms. The lowest BCUT2D eigenvalue weighted by atomic mass is 10.2. The Labute approximate surface area is 97.1 Å². The summed E-state index contributed by atoms with van der Waals surface area (Å²) in [5.41, 5.74) is 5.82. The van der Waals surface area contributed by atoms with E-state index in [2.05, 4.69) is 0 Å². The molecule has 1 amide bonds. The van der Waals surface area contributed by atoms with Crippen LogP contribution in [0.2, 0.25) is 0 Å². The van der Waals surface area contributed by atoms with E-state index in [0.29, 0.717) is 0 Å². The van der Waals surface area contributed by atoms with Crippen molar-refractivity contribution in [3.63, 3.8) is 0 Å². The molecule has 4 nitrogen and oxygen atoms in total. The number of hydrogen-bond donors (Lipinski definition) is 1. The summed E-state index contributed by atoms with van der Waals surface area (Å²) in [6, 6.07) is 0.263. The first-order chi connectivity index (χ1) is 7.66. The van der Waals surface area contributed by atoms with E-state index in [1.165, 1.54) is 0 Å². The zero-order chi connectivity index (χ0) is 11.5. The van der Waals surface area contributed by atoms with Crippen molar-refractivity contribution in [2.24, 2.45) is 5.73 Å². The molecule has 2 fully saturated rings. The number of likely N-dealkylation sites (tertiary alicyclic amines) is 1. The summed E-state index contributed by atoms with van der Waals surface area (Å²) in [5, 5.41) is 0. The number of ether oxygens (including phenoxy) is 1. The smallest absolute Gasteiger partial charge is 0.251 e. The first kappa shape index (κ1) is 11.9. The number of nitrogens with two attached hydrogens (primary N) is 1. The molecule has 1 saturated heterocycles. The van der Waals surface area contributed by atoms with E-state index in [9.17, 15) is 4.79 Å². The molecule has 2 N–H and O–H groups in total. The zero-order valence-electron chi connectivity index (χ0n) is 10.0. The van der Waals surface area contributed by atoms with Gasteiger partial charge in [-0.1, -0.05) is 0 Å². The van der Waals surface area contributed by atoms with Crippen molar-refractivity contribution in [1.29, 1.82) is 0 Å². The highest BCUT2D eigenvalue weighted by molar-refractivity contribution is 5.80. The van der Waals surface area contributed by atoms with Crippen molar-refractivity contribution in [3.8, 4) is 0 Å². The van der Waals surface area contributed by atoms with Gasteiger partial charge in [0, 0.05) is 19.1 Å². The molecule has 0 aromatic heterocycles. The molecular weight excluding hydrogens is 204 g/mol. The molecule has 0 aromatic carbocycles. The van der Waals surface area contributed by atoms with Crippen molar-refractivity contribution in [2.75, 3.05) is 13.1 Å². The van der Waals surface area contributed by atoms with E-state index in [0.717, 1.165) is 45.2 Å². The van der Waals surface area contributed by atoms with Crippen LogP contribution in [-0.2, 0) is 9.53 Å². The fraction of sp³-hybridized carbons (Fsp3) is 0.917. The summed E-state index contributed by atoms with van der Waals surface area (Å²) in [4.78, 5) is 13.9. The van der Waals surface area contributed by atoms with E-state index in [1.54, 1.807) is 0 Å². The van der Waals surface area contributed by atoms with E-state index in [-0.39, 0.29) is 24.2 Å². The second-order valence-corrected chi connectivity index (χ2v) is 5.01. The predicted octanol–water partition coefficient (Wildman–Crippen LogP) is 0.894. The second-order valence-electron chi connectivity index (χ2n) is 5.01. The maximum absolute atomic E-state index is 12.0. The average molecular weight is 226 g/mol. The number of rotatable bonds is 3. The summed E-state index contributed by atoms with van der Waals surface area (Å²) < 4.78 is 5.78. The minimum absolute atomic E-state index is 0.151. The summed E-state index contributed by atoms with van der Waals surface area (Å²) in [6.45, 7) is 3.66. The van der Waals surface area contributed by atoms with E-state index in [1.807, 2.05) is 11.8 Å². The molecule has 4 heteroatoms. The van der Waals surface area contributed by atoms with Gasteiger partial charge in [0.05, 0.1) is 6.10 Å². The first-order valence-electron chi connectivity index (χ1n) is 6.36. The first-order valence-corrected chi connectivity index (χ1v) is 6.36. The van der Waals surface area contributed by atoms with Gasteiger partial charge in [-0.05, 0) is 39.0 Å². The van der Waals surface area contributed by atoms with Gasteiger partial charge >= 0.3 is 0 Å². The molecule has 3 atom stereocenters. The molecule has 0 radical (unpaired) electrons. The quantitative estimate of drug-likeness (QED) is 0.777. The van der Waals surface area contributed by atoms with Gasteiger partial charge in [-0.25, -0.2) is 0 Å². The lowest BCUT2D eigenvalue weighted by Crippen LogP contribution is -2.38. The standard InChI is InChI=1S/C12H22N2O2/c1-9(12(15)14-6-2-3-7-14)16-11-5-4-10(13)8-11/h9-11H,2-8,13H2,1H3. The molecule has 2 rings (SSSR count). The Kier molecular flexibility index (Phi) is 3.82. The molecule has 0 spiro atoms. The van der Waals surface area contributed by atoms with Crippen LogP contribution in [0.15, 0.2) is 0 Å². The van der Waals surface area contributed by atoms with Crippen LogP contribution in [0.3, 0.4) is 0 Å². The Balaban J connectivity index is 1.78. The summed E-state index contributed by atoms with van der Waals surface area (Å²) in [7, 11) is 0. The highest BCUT2D eigenvalue weighted by Crippen LogP contribution is 2.22. The predicted molar refractivity (Wildman–Crippen MR) is 62.0 cm³/mol. The van der Waals surface area contributed by atoms with Crippen LogP contribution in [0.25, 0.3) is 0 Å². The molecule has 1 aliphatic heterocycles. The Hall–Kier alpha value is -0.610. The summed E-state index contributed by atoms with van der Waals surface area (Å²) in [5.74, 6) is 0.151. The number of carbonyl (C=O) groups is 1. The monoisotopic (exact) mass is 226 g/mol. The van der Waals surface area contributed by atoms with Crippen LogP contribution in [-0.4, -0.2) is 42.1 Å². The normalized spacial score (nSPS) is 32.0. The Morgan fingerprint density at radius 3 is 2.62 bits per heavy atom. The minimum atomic E-state index is -0.298. The number of amides is 1. The third kappa shape index (κ3) is 2.74. The number of carbonyl (C=O) groups excluding carboxylic acids is 1. The minimum Gasteiger partial charge on any atom is -0.365 e. The molecule has 2 aliphatic rings. The Bertz CT molecular complexity index is 251. The van der Waals surface area contributed by atoms with E-state index >= 15 is 0 Å². The van der Waals surface area contributed by atoms with Crippen molar-refractivity contribution in [3.05, 3.63) is 0 Å². The highest BCUT2D eigenvalue weighted by atomic mass is 16.5. The summed E-state index contributed by atoms with van der Waals surface area (Å²) >= 11 is 0. The lowest BCUT2D eigenvalue weighted by Gasteiger charge is -2.23. The van der Waals surface area contributed by atoms with Crippen LogP contribution < -0.4 is 5.73 Å². The van der Waals surface area contributed by atoms with Crippen LogP contribution in [0, 0.1) is 0 Å². The van der Waals surface area contributed by atoms with Gasteiger partial charge in [-0.2, -0.15) is 0 Å². The fourth-order valence-corrected chi connectivity index (χ4v) is 2.64. The van der Waals surface area contributed by atoms with Gasteiger partial charge in [0.2, 0.25) is 0 Å². The van der Waals surface area contributed by atoms with Crippen LogP contribution in [0.1, 0.15) is 39.0 Å². The molecule has 0 aromatic rings. The van der Waals surface area contributed by atoms with Crippen LogP contribution in [0.5, 0.6) is 0 Å². The molecule has 3 unspecified atom stereocenters. The van der Waals surface area contributed by atoms with Crippen LogP contribution >= 0.6 is 0 Å². The third-order valence-electron chi connectivity index (χ3n) is 3.59. The topological polar surface area (TPSA) is 55.6 Å². The maximum atomic E-state index is 12.0. The summed E-state index contributed by atoms with van der Waals surface area (Å²) in [6.07, 6.45) is 5.08. The van der Waals surface area contributed by atoms with Crippen molar-refractivity contribution in [2.45, 2.75) is 57.3 Å². The molecular formula is C12H22N2O2. The molecule has 16 heavy (non-hydrogen) atoms. The number of hydrogen-bond acceptors (Lipinski definition) is 3. The lowest BCUT2D eigenvalue weighted by molar-refractivity contribution is -0.144. The highest BCUT2D eigenvalue weighted by Gasteiger charge is 2.29. The third-order valence-corrected chi connectivity index (χ3v) is 3.59. The molecule has 1 saturated carbocycles. The van der Waals surface area contributed by atoms with Gasteiger partial charge in [0.25, 0.3) is 5.91 Å². The Morgan fingerprint density at radius 1 is 1.38 bits per heavy atom. The largest absolute Gasteiger partial charge is 0.365 e. The SMILES string of the molecule is CC(OC1CCC(N)C1)C(=O)N1CCCC1. The van der Waals surface area contributed by atoms with Crippen molar-refractivity contribution in [1.82, 2.24) is 4.90 Å². The van der Waals surface area contributed by atoms with Gasteiger partial charge < -0.3 is 15.4 Å². The molecule has 1 aliphatic carbocycles. The van der Waals surface area contributed by atoms with E-state index in [4.69, 9.17) is 10.5 Å². The average Bonchev–Trinajstić information content (AvgIpc) is 2.88. The fourth-order valence-electron chi connectivity index (χ4n) is 2.64. The van der Waals surface area contributed by atoms with Gasteiger partial charge in [0.15, 0.2) is 0 Å². The second kappa shape index (κ2) is 5.15. The van der Waals surface area contributed by atoms with Crippen molar-refractivity contribution < 1.29 is 9.53 Å². The van der Waals surface area contributed by atoms with Crippen molar-refractivity contribution >= 4 is 5.91 Å². The van der Waals surface area contributed by atoms with Gasteiger partial charge in [-0.3, -0.25) is 4.79 Å². The van der Waals surface area contributed by atoms with Crippen LogP contribution in [0.4, 0.5) is 0 Å². The maximum Gasteiger partial charge on any atom is 0.251 e. The molecule has 92 valence electrons. The van der Waals surface area contributed by atoms with Gasteiger partial charge in [0.1, 0.15) is 6.10 Å². The zero-order valence-corrected chi connectivity index (χ0v) is 10.0. The number of nitrogens with zero attached hydrogens (tertiary/aromatic N) is 1. The van der Waals surface area contributed by atoms with Gasteiger partial charge in [-0.15, -0.1) is 0 Å². The Morgan fingerprint density at radius 2 is 2.06 bits per heavy atom. The molecule has 1 heterocycles.